The van der Waals surface area contributed by atoms with E-state index in [1.807, 2.05) is 49.4 Å². The molecule has 0 atom stereocenters. The lowest BCUT2D eigenvalue weighted by molar-refractivity contribution is 1.08. The summed E-state index contributed by atoms with van der Waals surface area (Å²) in [5, 5.41) is 0.532. The molecule has 0 bridgehead atoms. The van der Waals surface area contributed by atoms with Crippen LogP contribution in [0.1, 0.15) is 5.56 Å². The summed E-state index contributed by atoms with van der Waals surface area (Å²) in [6.45, 7) is 2.62. The van der Waals surface area contributed by atoms with Crippen molar-refractivity contribution in [3.05, 3.63) is 64.9 Å². The summed E-state index contributed by atoms with van der Waals surface area (Å²) in [4.78, 5) is 6.32. The minimum Gasteiger partial charge on any atom is -0.336 e. The molecule has 98 valence electrons. The highest BCUT2D eigenvalue weighted by Crippen LogP contribution is 2.27. The van der Waals surface area contributed by atoms with E-state index in [1.165, 1.54) is 5.54 Å². The molecule has 0 saturated heterocycles. The van der Waals surface area contributed by atoms with Crippen molar-refractivity contribution < 1.29 is 0 Å². The van der Waals surface area contributed by atoms with E-state index >= 15 is 0 Å². The second-order valence-corrected chi connectivity index (χ2v) is 4.72. The lowest BCUT2D eigenvalue weighted by Gasteiger charge is -2.23. The van der Waals surface area contributed by atoms with E-state index in [0.717, 1.165) is 16.9 Å². The van der Waals surface area contributed by atoms with Gasteiger partial charge >= 0.3 is 0 Å². The average Bonchev–Trinajstić information content (AvgIpc) is 2.44. The number of hydrogen-bond donors (Lipinski definition) is 0. The number of hydrogen-bond acceptors (Lipinski definition) is 2. The molecule has 2 nitrogen and oxygen atoms in total. The maximum Gasteiger partial charge on any atom is 0.132 e. The van der Waals surface area contributed by atoms with Gasteiger partial charge in [0, 0.05) is 17.8 Å². The number of aryl methyl sites for hydroxylation is 1. The standard InChI is InChI=1S/C15H14Cl2N2/c1-12-10-14(11-18-15(12)17)19(9-5-8-16)13-6-3-2-4-7-13/h2-8,10-11H,9H2,1H3. The van der Waals surface area contributed by atoms with Crippen LogP contribution in [-0.4, -0.2) is 11.5 Å². The van der Waals surface area contributed by atoms with Crippen LogP contribution in [0.2, 0.25) is 5.15 Å². The summed E-state index contributed by atoms with van der Waals surface area (Å²) in [6, 6.07) is 12.1. The van der Waals surface area contributed by atoms with Gasteiger partial charge in [0.15, 0.2) is 0 Å². The van der Waals surface area contributed by atoms with Crippen molar-refractivity contribution in [3.63, 3.8) is 0 Å². The maximum atomic E-state index is 5.97. The monoisotopic (exact) mass is 292 g/mol. The van der Waals surface area contributed by atoms with Crippen LogP contribution in [0.25, 0.3) is 0 Å². The fraction of sp³-hybridized carbons (Fsp3) is 0.133. The molecular weight excluding hydrogens is 279 g/mol. The van der Waals surface area contributed by atoms with Gasteiger partial charge in [-0.15, -0.1) is 0 Å². The summed E-state index contributed by atoms with van der Waals surface area (Å²) in [6.07, 6.45) is 3.66. The van der Waals surface area contributed by atoms with Crippen molar-refractivity contribution in [2.75, 3.05) is 11.4 Å². The van der Waals surface area contributed by atoms with Gasteiger partial charge in [-0.25, -0.2) is 4.98 Å². The van der Waals surface area contributed by atoms with Gasteiger partial charge in [0.1, 0.15) is 5.15 Å². The van der Waals surface area contributed by atoms with E-state index in [9.17, 15) is 0 Å². The Balaban J connectivity index is 2.39. The molecule has 1 aromatic heterocycles. The number of anilines is 2. The maximum absolute atomic E-state index is 5.97. The molecule has 0 aliphatic carbocycles. The molecule has 0 saturated carbocycles. The van der Waals surface area contributed by atoms with Gasteiger partial charge in [0.25, 0.3) is 0 Å². The van der Waals surface area contributed by atoms with Crippen LogP contribution in [0.3, 0.4) is 0 Å². The predicted octanol–water partition coefficient (Wildman–Crippen LogP) is 4.93. The van der Waals surface area contributed by atoms with Gasteiger partial charge in [-0.1, -0.05) is 47.5 Å². The second-order valence-electron chi connectivity index (χ2n) is 4.11. The Bertz CT molecular complexity index is 568. The first-order valence-corrected chi connectivity index (χ1v) is 6.74. The van der Waals surface area contributed by atoms with Crippen LogP contribution in [0.5, 0.6) is 0 Å². The molecule has 0 N–H and O–H groups in total. The van der Waals surface area contributed by atoms with Gasteiger partial charge in [-0.05, 0) is 30.7 Å². The highest BCUT2D eigenvalue weighted by atomic mass is 35.5. The van der Waals surface area contributed by atoms with Gasteiger partial charge in [0.2, 0.25) is 0 Å². The van der Waals surface area contributed by atoms with Crippen LogP contribution in [0.15, 0.2) is 54.2 Å². The first-order chi connectivity index (χ1) is 9.22. The zero-order valence-corrected chi connectivity index (χ0v) is 12.1. The topological polar surface area (TPSA) is 16.1 Å². The van der Waals surface area contributed by atoms with Crippen LogP contribution in [0, 0.1) is 6.92 Å². The lowest BCUT2D eigenvalue weighted by atomic mass is 10.2. The molecule has 0 amide bonds. The summed E-state index contributed by atoms with van der Waals surface area (Å²) in [5.74, 6) is 0. The fourth-order valence-corrected chi connectivity index (χ4v) is 1.99. The third-order valence-corrected chi connectivity index (χ3v) is 3.33. The van der Waals surface area contributed by atoms with Crippen molar-refractivity contribution in [2.24, 2.45) is 0 Å². The second kappa shape index (κ2) is 6.60. The minimum absolute atomic E-state index is 0.532. The fourth-order valence-electron chi connectivity index (χ4n) is 1.80. The van der Waals surface area contributed by atoms with E-state index in [1.54, 1.807) is 6.20 Å². The Hall–Kier alpha value is -1.51. The van der Waals surface area contributed by atoms with Crippen molar-refractivity contribution >= 4 is 34.6 Å². The van der Waals surface area contributed by atoms with Crippen molar-refractivity contribution in [2.45, 2.75) is 6.92 Å². The molecule has 2 rings (SSSR count). The number of para-hydroxylation sites is 1. The molecule has 1 heterocycles. The first kappa shape index (κ1) is 13.9. The Morgan fingerprint density at radius 2 is 1.95 bits per heavy atom. The summed E-state index contributed by atoms with van der Waals surface area (Å²) in [7, 11) is 0. The molecule has 0 aliphatic rings. The molecule has 0 fully saturated rings. The molecule has 0 unspecified atom stereocenters. The lowest BCUT2D eigenvalue weighted by Crippen LogP contribution is -2.17. The number of nitrogens with zero attached hydrogens (tertiary/aromatic N) is 2. The first-order valence-electron chi connectivity index (χ1n) is 5.92. The Labute approximate surface area is 123 Å². The quantitative estimate of drug-likeness (QED) is 0.743. The van der Waals surface area contributed by atoms with Gasteiger partial charge in [-0.2, -0.15) is 0 Å². The molecule has 2 aromatic rings. The van der Waals surface area contributed by atoms with Crippen molar-refractivity contribution in [1.29, 1.82) is 0 Å². The highest BCUT2D eigenvalue weighted by Gasteiger charge is 2.09. The number of halogens is 2. The number of aromatic nitrogens is 1. The molecular formula is C15H14Cl2N2. The average molecular weight is 293 g/mol. The number of pyridine rings is 1. The van der Waals surface area contributed by atoms with Gasteiger partial charge < -0.3 is 4.90 Å². The molecule has 0 spiro atoms. The Morgan fingerprint density at radius 1 is 1.21 bits per heavy atom. The summed E-state index contributed by atoms with van der Waals surface area (Å²) in [5.41, 5.74) is 4.55. The molecule has 1 aromatic carbocycles. The Kier molecular flexibility index (Phi) is 4.83. The largest absolute Gasteiger partial charge is 0.336 e. The third kappa shape index (κ3) is 3.49. The number of benzene rings is 1. The minimum atomic E-state index is 0.532. The van der Waals surface area contributed by atoms with E-state index < -0.39 is 0 Å². The zero-order valence-electron chi connectivity index (χ0n) is 10.6. The van der Waals surface area contributed by atoms with Crippen LogP contribution >= 0.6 is 23.2 Å². The van der Waals surface area contributed by atoms with E-state index in [-0.39, 0.29) is 0 Å². The predicted molar refractivity (Wildman–Crippen MR) is 82.4 cm³/mol. The SMILES string of the molecule is Cc1cc(N(CC=CCl)c2ccccc2)cnc1Cl. The Morgan fingerprint density at radius 3 is 2.58 bits per heavy atom. The smallest absolute Gasteiger partial charge is 0.132 e. The van der Waals surface area contributed by atoms with Crippen LogP contribution < -0.4 is 4.90 Å². The zero-order chi connectivity index (χ0) is 13.7. The van der Waals surface area contributed by atoms with E-state index in [2.05, 4.69) is 9.88 Å². The van der Waals surface area contributed by atoms with Gasteiger partial charge in [-0.3, -0.25) is 0 Å². The van der Waals surface area contributed by atoms with E-state index in [4.69, 9.17) is 23.2 Å². The molecule has 0 aliphatic heterocycles. The number of rotatable bonds is 4. The van der Waals surface area contributed by atoms with Crippen LogP contribution in [0.4, 0.5) is 11.4 Å². The van der Waals surface area contributed by atoms with E-state index in [0.29, 0.717) is 11.7 Å². The molecule has 0 radical (unpaired) electrons. The molecule has 19 heavy (non-hydrogen) atoms. The van der Waals surface area contributed by atoms with Crippen molar-refractivity contribution in [1.82, 2.24) is 4.98 Å². The van der Waals surface area contributed by atoms with Crippen LogP contribution in [-0.2, 0) is 0 Å². The molecule has 4 heteroatoms. The highest BCUT2D eigenvalue weighted by molar-refractivity contribution is 6.30. The summed E-state index contributed by atoms with van der Waals surface area (Å²) >= 11 is 11.6. The third-order valence-electron chi connectivity index (χ3n) is 2.76. The normalized spacial score (nSPS) is 10.9. The summed E-state index contributed by atoms with van der Waals surface area (Å²) < 4.78 is 0. The van der Waals surface area contributed by atoms with Gasteiger partial charge in [0.05, 0.1) is 11.9 Å². The van der Waals surface area contributed by atoms with Crippen molar-refractivity contribution in [3.8, 4) is 0 Å².